The van der Waals surface area contributed by atoms with E-state index in [1.807, 2.05) is 24.3 Å². The SMILES string of the molecule is CCCCCCn1c(-c2cc(OC)c(OC)c(OC)c2)nc2cc(OC)ccc21. The summed E-state index contributed by atoms with van der Waals surface area (Å²) < 4.78 is 24.2. The largest absolute Gasteiger partial charge is 0.497 e. The molecule has 0 spiro atoms. The van der Waals surface area contributed by atoms with E-state index >= 15 is 0 Å². The van der Waals surface area contributed by atoms with E-state index < -0.39 is 0 Å². The highest BCUT2D eigenvalue weighted by Gasteiger charge is 2.19. The van der Waals surface area contributed by atoms with Crippen LogP contribution in [-0.2, 0) is 6.54 Å². The Morgan fingerprint density at radius 3 is 2.14 bits per heavy atom. The van der Waals surface area contributed by atoms with Crippen molar-refractivity contribution in [1.82, 2.24) is 9.55 Å². The molecule has 0 amide bonds. The second-order valence-electron chi connectivity index (χ2n) is 6.92. The highest BCUT2D eigenvalue weighted by atomic mass is 16.5. The number of hydrogen-bond acceptors (Lipinski definition) is 5. The minimum absolute atomic E-state index is 0.575. The molecule has 1 aromatic heterocycles. The van der Waals surface area contributed by atoms with E-state index in [9.17, 15) is 0 Å². The maximum Gasteiger partial charge on any atom is 0.203 e. The molecule has 0 atom stereocenters. The van der Waals surface area contributed by atoms with Gasteiger partial charge < -0.3 is 23.5 Å². The van der Waals surface area contributed by atoms with Gasteiger partial charge in [-0.1, -0.05) is 26.2 Å². The molecular formula is C23H30N2O4. The van der Waals surface area contributed by atoms with Crippen molar-refractivity contribution >= 4 is 11.0 Å². The van der Waals surface area contributed by atoms with Crippen LogP contribution in [0.4, 0.5) is 0 Å². The first-order valence-electron chi connectivity index (χ1n) is 10.0. The van der Waals surface area contributed by atoms with Gasteiger partial charge in [0.15, 0.2) is 11.5 Å². The molecule has 0 saturated carbocycles. The van der Waals surface area contributed by atoms with Crippen molar-refractivity contribution in [2.45, 2.75) is 39.2 Å². The van der Waals surface area contributed by atoms with Gasteiger partial charge in [-0.2, -0.15) is 0 Å². The first kappa shape index (κ1) is 20.8. The fourth-order valence-corrected chi connectivity index (χ4v) is 3.59. The zero-order valence-corrected chi connectivity index (χ0v) is 17.9. The van der Waals surface area contributed by atoms with Gasteiger partial charge in [0.1, 0.15) is 11.6 Å². The van der Waals surface area contributed by atoms with Crippen molar-refractivity contribution in [3.05, 3.63) is 30.3 Å². The van der Waals surface area contributed by atoms with Gasteiger partial charge in [0, 0.05) is 18.2 Å². The van der Waals surface area contributed by atoms with Crippen LogP contribution in [0.15, 0.2) is 30.3 Å². The van der Waals surface area contributed by atoms with E-state index in [-0.39, 0.29) is 0 Å². The minimum Gasteiger partial charge on any atom is -0.497 e. The van der Waals surface area contributed by atoms with Crippen LogP contribution in [-0.4, -0.2) is 38.0 Å². The lowest BCUT2D eigenvalue weighted by Crippen LogP contribution is -2.02. The molecule has 0 saturated heterocycles. The van der Waals surface area contributed by atoms with Crippen LogP contribution in [0.3, 0.4) is 0 Å². The first-order valence-corrected chi connectivity index (χ1v) is 10.0. The number of nitrogens with zero attached hydrogens (tertiary/aromatic N) is 2. The lowest BCUT2D eigenvalue weighted by molar-refractivity contribution is 0.324. The summed E-state index contributed by atoms with van der Waals surface area (Å²) in [5.74, 6) is 3.48. The van der Waals surface area contributed by atoms with E-state index in [0.717, 1.165) is 41.1 Å². The van der Waals surface area contributed by atoms with E-state index in [4.69, 9.17) is 23.9 Å². The molecule has 1 heterocycles. The highest BCUT2D eigenvalue weighted by molar-refractivity contribution is 5.83. The van der Waals surface area contributed by atoms with Crippen molar-refractivity contribution in [1.29, 1.82) is 0 Å². The molecule has 156 valence electrons. The second-order valence-corrected chi connectivity index (χ2v) is 6.92. The molecule has 0 N–H and O–H groups in total. The Morgan fingerprint density at radius 2 is 1.55 bits per heavy atom. The summed E-state index contributed by atoms with van der Waals surface area (Å²) in [6.07, 6.45) is 4.74. The van der Waals surface area contributed by atoms with E-state index in [1.165, 1.54) is 19.3 Å². The Bertz CT molecular complexity index is 940. The van der Waals surface area contributed by atoms with Gasteiger partial charge in [0.2, 0.25) is 5.75 Å². The summed E-state index contributed by atoms with van der Waals surface area (Å²) in [5.41, 5.74) is 2.92. The Balaban J connectivity index is 2.14. The fourth-order valence-electron chi connectivity index (χ4n) is 3.59. The lowest BCUT2D eigenvalue weighted by atomic mass is 10.1. The van der Waals surface area contributed by atoms with Gasteiger partial charge in [0.05, 0.1) is 39.5 Å². The van der Waals surface area contributed by atoms with Gasteiger partial charge in [-0.3, -0.25) is 0 Å². The number of unbranched alkanes of at least 4 members (excludes halogenated alkanes) is 3. The normalized spacial score (nSPS) is 10.9. The molecular weight excluding hydrogens is 368 g/mol. The molecule has 3 aromatic rings. The maximum absolute atomic E-state index is 5.54. The zero-order valence-electron chi connectivity index (χ0n) is 17.9. The van der Waals surface area contributed by atoms with Crippen LogP contribution in [0.1, 0.15) is 32.6 Å². The molecule has 29 heavy (non-hydrogen) atoms. The average molecular weight is 399 g/mol. The van der Waals surface area contributed by atoms with Gasteiger partial charge in [-0.15, -0.1) is 0 Å². The summed E-state index contributed by atoms with van der Waals surface area (Å²) in [5, 5.41) is 0. The molecule has 0 aliphatic rings. The molecule has 0 bridgehead atoms. The summed E-state index contributed by atoms with van der Waals surface area (Å²) in [6.45, 7) is 3.12. The highest BCUT2D eigenvalue weighted by Crippen LogP contribution is 2.41. The number of methoxy groups -OCH3 is 4. The van der Waals surface area contributed by atoms with Gasteiger partial charge in [0.25, 0.3) is 0 Å². The standard InChI is InChI=1S/C23H30N2O4/c1-6-7-8-9-12-25-19-11-10-17(26-2)15-18(19)24-23(25)16-13-20(27-3)22(29-5)21(14-16)28-4/h10-11,13-15H,6-9,12H2,1-5H3. The quantitative estimate of drug-likeness (QED) is 0.433. The number of aryl methyl sites for hydroxylation is 1. The van der Waals surface area contributed by atoms with Crippen LogP contribution in [0.2, 0.25) is 0 Å². The Hall–Kier alpha value is -2.89. The number of ether oxygens (including phenoxy) is 4. The number of hydrogen-bond donors (Lipinski definition) is 0. The van der Waals surface area contributed by atoms with Crippen molar-refractivity contribution in [3.63, 3.8) is 0 Å². The predicted molar refractivity (Wildman–Crippen MR) is 116 cm³/mol. The van der Waals surface area contributed by atoms with Gasteiger partial charge >= 0.3 is 0 Å². The van der Waals surface area contributed by atoms with Gasteiger partial charge in [-0.05, 0) is 30.7 Å². The van der Waals surface area contributed by atoms with Gasteiger partial charge in [-0.25, -0.2) is 4.98 Å². The second kappa shape index (κ2) is 9.54. The number of imidazole rings is 1. The molecule has 0 aliphatic heterocycles. The number of rotatable bonds is 10. The lowest BCUT2D eigenvalue weighted by Gasteiger charge is -2.15. The maximum atomic E-state index is 5.54. The third-order valence-electron chi connectivity index (χ3n) is 5.11. The molecule has 6 nitrogen and oxygen atoms in total. The van der Waals surface area contributed by atoms with Crippen molar-refractivity contribution < 1.29 is 18.9 Å². The van der Waals surface area contributed by atoms with E-state index in [1.54, 1.807) is 28.4 Å². The topological polar surface area (TPSA) is 54.7 Å². The number of fused-ring (bicyclic) bond motifs is 1. The average Bonchev–Trinajstić information content (AvgIpc) is 3.13. The summed E-state index contributed by atoms with van der Waals surface area (Å²) >= 11 is 0. The number of aromatic nitrogens is 2. The Kier molecular flexibility index (Phi) is 6.86. The summed E-state index contributed by atoms with van der Waals surface area (Å²) in [4.78, 5) is 4.93. The van der Waals surface area contributed by atoms with Crippen LogP contribution < -0.4 is 18.9 Å². The Morgan fingerprint density at radius 1 is 0.828 bits per heavy atom. The smallest absolute Gasteiger partial charge is 0.203 e. The van der Waals surface area contributed by atoms with Crippen molar-refractivity contribution in [3.8, 4) is 34.4 Å². The van der Waals surface area contributed by atoms with E-state index in [2.05, 4.69) is 17.6 Å². The molecule has 3 rings (SSSR count). The van der Waals surface area contributed by atoms with Crippen molar-refractivity contribution in [2.24, 2.45) is 0 Å². The molecule has 0 unspecified atom stereocenters. The van der Waals surface area contributed by atoms with Crippen LogP contribution in [0, 0.1) is 0 Å². The minimum atomic E-state index is 0.575. The summed E-state index contributed by atoms with van der Waals surface area (Å²) in [7, 11) is 6.53. The number of benzene rings is 2. The third-order valence-corrected chi connectivity index (χ3v) is 5.11. The molecule has 6 heteroatoms. The van der Waals surface area contributed by atoms with Crippen LogP contribution in [0.5, 0.6) is 23.0 Å². The van der Waals surface area contributed by atoms with E-state index in [0.29, 0.717) is 17.2 Å². The molecule has 0 aliphatic carbocycles. The zero-order chi connectivity index (χ0) is 20.8. The monoisotopic (exact) mass is 398 g/mol. The first-order chi connectivity index (χ1) is 14.2. The molecule has 0 radical (unpaired) electrons. The molecule has 2 aromatic carbocycles. The predicted octanol–water partition coefficient (Wildman–Crippen LogP) is 5.32. The fraction of sp³-hybridized carbons (Fsp3) is 0.435. The summed E-state index contributed by atoms with van der Waals surface area (Å²) in [6, 6.07) is 9.91. The molecule has 0 fully saturated rings. The Labute approximate surface area is 172 Å². The van der Waals surface area contributed by atoms with Crippen molar-refractivity contribution in [2.75, 3.05) is 28.4 Å². The third kappa shape index (κ3) is 4.26. The van der Waals surface area contributed by atoms with Crippen LogP contribution >= 0.6 is 0 Å². The van der Waals surface area contributed by atoms with Crippen LogP contribution in [0.25, 0.3) is 22.4 Å².